The number of alkyl halides is 1. The van der Waals surface area contributed by atoms with Crippen molar-refractivity contribution in [2.45, 2.75) is 19.2 Å². The zero-order chi connectivity index (χ0) is 14.5. The first kappa shape index (κ1) is 14.4. The SMILES string of the molecule is Cc1cccc(Oc2ccccc2NC(=O)C(C)Cl)c1. The van der Waals surface area contributed by atoms with E-state index in [0.717, 1.165) is 11.3 Å². The number of benzene rings is 2. The van der Waals surface area contributed by atoms with Gasteiger partial charge in [0.05, 0.1) is 5.69 Å². The Morgan fingerprint density at radius 1 is 1.20 bits per heavy atom. The molecule has 0 aliphatic rings. The predicted molar refractivity (Wildman–Crippen MR) is 81.6 cm³/mol. The lowest BCUT2D eigenvalue weighted by atomic mass is 10.2. The van der Waals surface area contributed by atoms with Crippen LogP contribution in [-0.4, -0.2) is 11.3 Å². The van der Waals surface area contributed by atoms with Crippen molar-refractivity contribution < 1.29 is 9.53 Å². The van der Waals surface area contributed by atoms with Gasteiger partial charge in [-0.1, -0.05) is 24.3 Å². The van der Waals surface area contributed by atoms with E-state index in [1.807, 2.05) is 43.3 Å². The molecule has 0 radical (unpaired) electrons. The molecule has 0 spiro atoms. The number of anilines is 1. The number of rotatable bonds is 4. The Kier molecular flexibility index (Phi) is 4.64. The maximum atomic E-state index is 11.7. The third-order valence-corrected chi connectivity index (χ3v) is 2.92. The summed E-state index contributed by atoms with van der Waals surface area (Å²) in [4.78, 5) is 11.7. The van der Waals surface area contributed by atoms with Crippen LogP contribution in [0.1, 0.15) is 12.5 Å². The van der Waals surface area contributed by atoms with Crippen molar-refractivity contribution in [2.75, 3.05) is 5.32 Å². The summed E-state index contributed by atoms with van der Waals surface area (Å²) in [6.07, 6.45) is 0. The normalized spacial score (nSPS) is 11.8. The van der Waals surface area contributed by atoms with Gasteiger partial charge in [-0.05, 0) is 43.7 Å². The molecule has 0 aromatic heterocycles. The van der Waals surface area contributed by atoms with Crippen LogP contribution in [-0.2, 0) is 4.79 Å². The standard InChI is InChI=1S/C16H16ClNO2/c1-11-6-5-7-13(10-11)20-15-9-4-3-8-14(15)18-16(19)12(2)17/h3-10,12H,1-2H3,(H,18,19). The maximum Gasteiger partial charge on any atom is 0.242 e. The van der Waals surface area contributed by atoms with Crippen LogP contribution >= 0.6 is 11.6 Å². The van der Waals surface area contributed by atoms with E-state index in [1.54, 1.807) is 19.1 Å². The molecule has 2 rings (SSSR count). The number of nitrogens with one attached hydrogen (secondary N) is 1. The minimum absolute atomic E-state index is 0.257. The second kappa shape index (κ2) is 6.44. The molecule has 1 unspecified atom stereocenters. The van der Waals surface area contributed by atoms with Crippen molar-refractivity contribution in [1.82, 2.24) is 0 Å². The monoisotopic (exact) mass is 289 g/mol. The molecular formula is C16H16ClNO2. The Balaban J connectivity index is 2.22. The lowest BCUT2D eigenvalue weighted by molar-refractivity contribution is -0.115. The van der Waals surface area contributed by atoms with Crippen LogP contribution in [0, 0.1) is 6.92 Å². The average molecular weight is 290 g/mol. The smallest absolute Gasteiger partial charge is 0.242 e. The summed E-state index contributed by atoms with van der Waals surface area (Å²) in [5.74, 6) is 1.06. The van der Waals surface area contributed by atoms with E-state index >= 15 is 0 Å². The number of hydrogen-bond donors (Lipinski definition) is 1. The molecule has 2 aromatic carbocycles. The number of carbonyl (C=O) groups excluding carboxylic acids is 1. The molecule has 0 saturated carbocycles. The number of amides is 1. The molecule has 0 aliphatic heterocycles. The first-order valence-corrected chi connectivity index (χ1v) is 6.78. The highest BCUT2D eigenvalue weighted by Gasteiger charge is 2.12. The van der Waals surface area contributed by atoms with Gasteiger partial charge in [-0.15, -0.1) is 11.6 Å². The molecular weight excluding hydrogens is 274 g/mol. The Morgan fingerprint density at radius 3 is 2.65 bits per heavy atom. The van der Waals surface area contributed by atoms with Gasteiger partial charge in [0, 0.05) is 0 Å². The largest absolute Gasteiger partial charge is 0.455 e. The van der Waals surface area contributed by atoms with Crippen LogP contribution in [0.2, 0.25) is 0 Å². The summed E-state index contributed by atoms with van der Waals surface area (Å²) < 4.78 is 5.81. The second-order valence-corrected chi connectivity index (χ2v) is 5.17. The molecule has 1 amide bonds. The molecule has 0 fully saturated rings. The third-order valence-electron chi connectivity index (χ3n) is 2.72. The Morgan fingerprint density at radius 2 is 1.95 bits per heavy atom. The van der Waals surface area contributed by atoms with E-state index in [4.69, 9.17) is 16.3 Å². The molecule has 0 aliphatic carbocycles. The fourth-order valence-electron chi connectivity index (χ4n) is 1.70. The highest BCUT2D eigenvalue weighted by molar-refractivity contribution is 6.32. The van der Waals surface area contributed by atoms with Gasteiger partial charge in [0.15, 0.2) is 5.75 Å². The Bertz CT molecular complexity index is 611. The van der Waals surface area contributed by atoms with Crippen LogP contribution in [0.3, 0.4) is 0 Å². The van der Waals surface area contributed by atoms with E-state index in [1.165, 1.54) is 0 Å². The van der Waals surface area contributed by atoms with E-state index < -0.39 is 5.38 Å². The van der Waals surface area contributed by atoms with E-state index in [0.29, 0.717) is 11.4 Å². The predicted octanol–water partition coefficient (Wildman–Crippen LogP) is 4.35. The Hall–Kier alpha value is -2.00. The lowest BCUT2D eigenvalue weighted by Gasteiger charge is -2.13. The van der Waals surface area contributed by atoms with Crippen molar-refractivity contribution >= 4 is 23.2 Å². The van der Waals surface area contributed by atoms with Crippen LogP contribution in [0.15, 0.2) is 48.5 Å². The van der Waals surface area contributed by atoms with E-state index in [-0.39, 0.29) is 5.91 Å². The molecule has 104 valence electrons. The van der Waals surface area contributed by atoms with Crippen molar-refractivity contribution in [3.05, 3.63) is 54.1 Å². The van der Waals surface area contributed by atoms with Gasteiger partial charge < -0.3 is 10.1 Å². The molecule has 4 heteroatoms. The Labute approximate surface area is 123 Å². The molecule has 0 bridgehead atoms. The third kappa shape index (κ3) is 3.75. The van der Waals surface area contributed by atoms with Crippen LogP contribution in [0.4, 0.5) is 5.69 Å². The fraction of sp³-hybridized carbons (Fsp3) is 0.188. The number of hydrogen-bond acceptors (Lipinski definition) is 2. The maximum absolute atomic E-state index is 11.7. The summed E-state index contributed by atoms with van der Waals surface area (Å²) in [6, 6.07) is 15.0. The topological polar surface area (TPSA) is 38.3 Å². The quantitative estimate of drug-likeness (QED) is 0.850. The van der Waals surface area contributed by atoms with Crippen LogP contribution < -0.4 is 10.1 Å². The van der Waals surface area contributed by atoms with Gasteiger partial charge in [-0.2, -0.15) is 0 Å². The van der Waals surface area contributed by atoms with Crippen LogP contribution in [0.25, 0.3) is 0 Å². The van der Waals surface area contributed by atoms with Crippen LogP contribution in [0.5, 0.6) is 11.5 Å². The van der Waals surface area contributed by atoms with Crippen molar-refractivity contribution in [3.8, 4) is 11.5 Å². The lowest BCUT2D eigenvalue weighted by Crippen LogP contribution is -2.20. The van der Waals surface area contributed by atoms with E-state index in [9.17, 15) is 4.79 Å². The summed E-state index contributed by atoms with van der Waals surface area (Å²) in [5.41, 5.74) is 1.71. The molecule has 1 N–H and O–H groups in total. The van der Waals surface area contributed by atoms with E-state index in [2.05, 4.69) is 5.32 Å². The molecule has 20 heavy (non-hydrogen) atoms. The molecule has 0 heterocycles. The van der Waals surface area contributed by atoms with Gasteiger partial charge in [-0.25, -0.2) is 0 Å². The van der Waals surface area contributed by atoms with Crippen molar-refractivity contribution in [1.29, 1.82) is 0 Å². The molecule has 0 saturated heterocycles. The molecule has 3 nitrogen and oxygen atoms in total. The highest BCUT2D eigenvalue weighted by atomic mass is 35.5. The average Bonchev–Trinajstić information content (AvgIpc) is 2.41. The molecule has 2 aromatic rings. The first-order valence-electron chi connectivity index (χ1n) is 6.35. The van der Waals surface area contributed by atoms with Gasteiger partial charge in [0.1, 0.15) is 11.1 Å². The molecule has 1 atom stereocenters. The second-order valence-electron chi connectivity index (χ2n) is 4.52. The zero-order valence-electron chi connectivity index (χ0n) is 11.4. The number of para-hydroxylation sites is 2. The van der Waals surface area contributed by atoms with Crippen molar-refractivity contribution in [3.63, 3.8) is 0 Å². The highest BCUT2D eigenvalue weighted by Crippen LogP contribution is 2.29. The summed E-state index contributed by atoms with van der Waals surface area (Å²) in [6.45, 7) is 3.62. The van der Waals surface area contributed by atoms with Gasteiger partial charge >= 0.3 is 0 Å². The van der Waals surface area contributed by atoms with Gasteiger partial charge in [0.2, 0.25) is 5.91 Å². The minimum atomic E-state index is -0.595. The summed E-state index contributed by atoms with van der Waals surface area (Å²) in [7, 11) is 0. The number of halogens is 1. The fourth-order valence-corrected chi connectivity index (χ4v) is 1.75. The van der Waals surface area contributed by atoms with Crippen molar-refractivity contribution in [2.24, 2.45) is 0 Å². The van der Waals surface area contributed by atoms with Gasteiger partial charge in [-0.3, -0.25) is 4.79 Å². The number of ether oxygens (including phenoxy) is 1. The summed E-state index contributed by atoms with van der Waals surface area (Å²) >= 11 is 5.76. The van der Waals surface area contributed by atoms with Gasteiger partial charge in [0.25, 0.3) is 0 Å². The minimum Gasteiger partial charge on any atom is -0.455 e. The zero-order valence-corrected chi connectivity index (χ0v) is 12.1. The number of aryl methyl sites for hydroxylation is 1. The summed E-state index contributed by atoms with van der Waals surface area (Å²) in [5, 5.41) is 2.15. The number of carbonyl (C=O) groups is 1. The first-order chi connectivity index (χ1) is 9.56.